The lowest BCUT2D eigenvalue weighted by molar-refractivity contribution is -0.305. The van der Waals surface area contributed by atoms with Crippen LogP contribution in [0.2, 0.25) is 39.3 Å². The van der Waals surface area contributed by atoms with Crippen molar-refractivity contribution in [3.8, 4) is 0 Å². The Morgan fingerprint density at radius 2 is 1.67 bits per heavy atom. The van der Waals surface area contributed by atoms with Crippen LogP contribution in [0.4, 0.5) is 0 Å². The molecule has 114 valence electrons. The fourth-order valence-corrected chi connectivity index (χ4v) is 6.25. The van der Waals surface area contributed by atoms with Crippen molar-refractivity contribution < 1.29 is 9.90 Å². The molecule has 1 atom stereocenters. The van der Waals surface area contributed by atoms with Gasteiger partial charge in [0, 0.05) is 22.4 Å². The number of hydrogen-bond donors (Lipinski definition) is 0. The Morgan fingerprint density at radius 1 is 1.10 bits per heavy atom. The minimum absolute atomic E-state index is 0.472. The van der Waals surface area contributed by atoms with E-state index in [-0.39, 0.29) is 0 Å². The van der Waals surface area contributed by atoms with Crippen molar-refractivity contribution in [3.05, 3.63) is 36.0 Å². The highest BCUT2D eigenvalue weighted by Crippen LogP contribution is 2.34. The lowest BCUT2D eigenvalue weighted by atomic mass is 10.1. The number of aromatic nitrogens is 1. The summed E-state index contributed by atoms with van der Waals surface area (Å²) in [4.78, 5) is 11.8. The largest absolute Gasteiger partial charge is 0.550 e. The second-order valence-electron chi connectivity index (χ2n) is 7.76. The maximum Gasteiger partial charge on any atom is 0.152 e. The van der Waals surface area contributed by atoms with Crippen molar-refractivity contribution in [2.75, 3.05) is 0 Å². The van der Waals surface area contributed by atoms with Crippen LogP contribution in [-0.4, -0.2) is 26.5 Å². The summed E-state index contributed by atoms with van der Waals surface area (Å²) in [5, 5.41) is 12.8. The molecule has 0 fully saturated rings. The van der Waals surface area contributed by atoms with Crippen molar-refractivity contribution in [2.45, 2.75) is 44.8 Å². The van der Waals surface area contributed by atoms with E-state index in [2.05, 4.69) is 55.8 Å². The normalized spacial score (nSPS) is 14.4. The third-order valence-corrected chi connectivity index (χ3v) is 7.97. The Hall–Kier alpha value is -1.34. The van der Waals surface area contributed by atoms with Gasteiger partial charge in [-0.15, -0.1) is 0 Å². The average molecular weight is 319 g/mol. The molecular weight excluding hydrogens is 294 g/mol. The molecule has 0 saturated heterocycles. The number of hydrogen-bond acceptors (Lipinski definition) is 2. The van der Waals surface area contributed by atoms with Gasteiger partial charge >= 0.3 is 0 Å². The van der Waals surface area contributed by atoms with Crippen LogP contribution in [0.1, 0.15) is 11.1 Å². The number of nitrogens with zero attached hydrogens (tertiary/aromatic N) is 1. The van der Waals surface area contributed by atoms with Gasteiger partial charge in [-0.2, -0.15) is 0 Å². The molecule has 0 bridgehead atoms. The van der Waals surface area contributed by atoms with Crippen LogP contribution in [0.3, 0.4) is 0 Å². The Kier molecular flexibility index (Phi) is 3.93. The smallest absolute Gasteiger partial charge is 0.152 e. The fraction of sp³-hybridized carbons (Fsp3) is 0.438. The first-order valence-electron chi connectivity index (χ1n) is 7.35. The SMILES string of the molecule is C[Si](C)(C)C(C(=O)[O-])c1cn([Si](C)(C)C)c2ccccc12. The van der Waals surface area contributed by atoms with E-state index in [9.17, 15) is 9.90 Å². The Morgan fingerprint density at radius 3 is 2.14 bits per heavy atom. The minimum atomic E-state index is -1.91. The maximum absolute atomic E-state index is 11.8. The lowest BCUT2D eigenvalue weighted by Gasteiger charge is -2.30. The summed E-state index contributed by atoms with van der Waals surface area (Å²) in [5.41, 5.74) is 1.61. The molecule has 0 N–H and O–H groups in total. The van der Waals surface area contributed by atoms with Crippen LogP contribution in [0.5, 0.6) is 0 Å². The van der Waals surface area contributed by atoms with E-state index in [1.807, 2.05) is 18.2 Å². The quantitative estimate of drug-likeness (QED) is 0.813. The molecule has 0 amide bonds. The molecule has 0 aliphatic rings. The summed E-state index contributed by atoms with van der Waals surface area (Å²) in [5.74, 6) is -0.937. The molecule has 0 saturated carbocycles. The Balaban J connectivity index is 2.78. The first-order chi connectivity index (χ1) is 9.53. The molecule has 1 aromatic carbocycles. The lowest BCUT2D eigenvalue weighted by Crippen LogP contribution is -2.44. The Bertz CT molecular complexity index is 678. The van der Waals surface area contributed by atoms with Crippen molar-refractivity contribution >= 4 is 33.2 Å². The molecule has 1 heterocycles. The molecule has 0 aliphatic carbocycles. The van der Waals surface area contributed by atoms with Gasteiger partial charge in [0.1, 0.15) is 0 Å². The Labute approximate surface area is 128 Å². The van der Waals surface area contributed by atoms with Gasteiger partial charge in [0.25, 0.3) is 0 Å². The minimum Gasteiger partial charge on any atom is -0.550 e. The number of carbonyl (C=O) groups excluding carboxylic acids is 1. The molecule has 1 unspecified atom stereocenters. The molecular formula is C16H24NO2Si2-. The third kappa shape index (κ3) is 2.99. The predicted octanol–water partition coefficient (Wildman–Crippen LogP) is 3.04. The second kappa shape index (κ2) is 5.14. The molecule has 1 aromatic heterocycles. The van der Waals surface area contributed by atoms with Crippen molar-refractivity contribution in [1.29, 1.82) is 0 Å². The molecule has 5 heteroatoms. The molecule has 0 aliphatic heterocycles. The number of aliphatic carboxylic acids is 1. The van der Waals surface area contributed by atoms with Gasteiger partial charge < -0.3 is 14.1 Å². The van der Waals surface area contributed by atoms with Crippen molar-refractivity contribution in [2.24, 2.45) is 0 Å². The van der Waals surface area contributed by atoms with Gasteiger partial charge in [-0.05, 0) is 17.8 Å². The van der Waals surface area contributed by atoms with E-state index >= 15 is 0 Å². The average Bonchev–Trinajstić information content (AvgIpc) is 2.66. The molecule has 2 aromatic rings. The number of carboxylic acids is 1. The third-order valence-electron chi connectivity index (χ3n) is 3.88. The van der Waals surface area contributed by atoms with Gasteiger partial charge in [-0.25, -0.2) is 0 Å². The van der Waals surface area contributed by atoms with Crippen molar-refractivity contribution in [3.63, 3.8) is 0 Å². The number of benzene rings is 1. The van der Waals surface area contributed by atoms with Crippen LogP contribution in [0.25, 0.3) is 10.9 Å². The van der Waals surface area contributed by atoms with Gasteiger partial charge in [0.15, 0.2) is 8.24 Å². The van der Waals surface area contributed by atoms with Crippen LogP contribution in [0, 0.1) is 0 Å². The van der Waals surface area contributed by atoms with Gasteiger partial charge in [-0.3, -0.25) is 0 Å². The highest BCUT2D eigenvalue weighted by atomic mass is 28.3. The van der Waals surface area contributed by atoms with Crippen LogP contribution in [-0.2, 0) is 4.79 Å². The summed E-state index contributed by atoms with van der Waals surface area (Å²) in [6.45, 7) is 13.1. The monoisotopic (exact) mass is 318 g/mol. The highest BCUT2D eigenvalue weighted by molar-refractivity contribution is 6.80. The number of fused-ring (bicyclic) bond motifs is 1. The van der Waals surface area contributed by atoms with Crippen molar-refractivity contribution in [1.82, 2.24) is 4.23 Å². The van der Waals surface area contributed by atoms with E-state index < -0.39 is 27.8 Å². The second-order valence-corrected chi connectivity index (χ2v) is 17.9. The fourth-order valence-electron chi connectivity index (χ4n) is 2.94. The van der Waals surface area contributed by atoms with Crippen LogP contribution in [0.15, 0.2) is 30.5 Å². The highest BCUT2D eigenvalue weighted by Gasteiger charge is 2.33. The zero-order valence-corrected chi connectivity index (χ0v) is 15.7. The zero-order valence-electron chi connectivity index (χ0n) is 13.7. The molecule has 0 spiro atoms. The summed E-state index contributed by atoms with van der Waals surface area (Å²) in [6, 6.07) is 8.13. The van der Waals surface area contributed by atoms with Gasteiger partial charge in [0.2, 0.25) is 0 Å². The van der Waals surface area contributed by atoms with Crippen LogP contribution >= 0.6 is 0 Å². The van der Waals surface area contributed by atoms with E-state index in [0.717, 1.165) is 16.5 Å². The number of rotatable bonds is 4. The van der Waals surface area contributed by atoms with E-state index in [4.69, 9.17) is 0 Å². The number of carboxylic acid groups (broad SMARTS) is 1. The standard InChI is InChI=1S/C16H25NO2Si2/c1-20(2,3)15(16(18)19)13-11-17(21(4,5)6)14-10-8-7-9-12(13)14/h7-11,15H,1-6H3,(H,18,19)/p-1. The molecule has 2 rings (SSSR count). The van der Waals surface area contributed by atoms with E-state index in [1.165, 1.54) is 0 Å². The summed E-state index contributed by atoms with van der Waals surface area (Å²) >= 11 is 0. The summed E-state index contributed by atoms with van der Waals surface area (Å²) in [6.07, 6.45) is 2.08. The van der Waals surface area contributed by atoms with Crippen LogP contribution < -0.4 is 5.11 Å². The number of para-hydroxylation sites is 1. The first kappa shape index (κ1) is 16.0. The molecule has 3 nitrogen and oxygen atoms in total. The number of carbonyl (C=O) groups is 1. The molecule has 21 heavy (non-hydrogen) atoms. The first-order valence-corrected chi connectivity index (χ1v) is 14.4. The van der Waals surface area contributed by atoms with Gasteiger partial charge in [-0.1, -0.05) is 57.5 Å². The summed E-state index contributed by atoms with van der Waals surface area (Å²) in [7, 11) is -3.51. The summed E-state index contributed by atoms with van der Waals surface area (Å²) < 4.78 is 2.31. The van der Waals surface area contributed by atoms with E-state index in [0.29, 0.717) is 0 Å². The topological polar surface area (TPSA) is 45.1 Å². The molecule has 0 radical (unpaired) electrons. The maximum atomic E-state index is 11.8. The predicted molar refractivity (Wildman–Crippen MR) is 91.8 cm³/mol. The van der Waals surface area contributed by atoms with Gasteiger partial charge in [0.05, 0.1) is 8.07 Å². The zero-order chi connectivity index (χ0) is 16.0. The van der Waals surface area contributed by atoms with E-state index in [1.54, 1.807) is 0 Å².